The molecule has 1 amide bonds. The number of hydrogen-bond donors (Lipinski definition) is 0. The van der Waals surface area contributed by atoms with Crippen LogP contribution in [0.5, 0.6) is 0 Å². The number of hydrogen-bond acceptors (Lipinski definition) is 2. The van der Waals surface area contributed by atoms with Gasteiger partial charge < -0.3 is 9.47 Å². The zero-order chi connectivity index (χ0) is 14.0. The minimum atomic E-state index is 0.101. The van der Waals surface area contributed by atoms with Crippen molar-refractivity contribution in [2.24, 2.45) is 13.0 Å². The van der Waals surface area contributed by atoms with Gasteiger partial charge in [0.05, 0.1) is 17.4 Å². The zero-order valence-electron chi connectivity index (χ0n) is 12.1. The monoisotopic (exact) mass is 259 g/mol. The van der Waals surface area contributed by atoms with Gasteiger partial charge >= 0.3 is 0 Å². The fourth-order valence-electron chi connectivity index (χ4n) is 2.37. The van der Waals surface area contributed by atoms with Gasteiger partial charge in [0.15, 0.2) is 0 Å². The van der Waals surface area contributed by atoms with Crippen molar-refractivity contribution in [1.29, 1.82) is 0 Å². The van der Waals surface area contributed by atoms with Crippen LogP contribution in [0.1, 0.15) is 26.7 Å². The van der Waals surface area contributed by atoms with Crippen molar-refractivity contribution in [3.63, 3.8) is 0 Å². The van der Waals surface area contributed by atoms with E-state index >= 15 is 0 Å². The summed E-state index contributed by atoms with van der Waals surface area (Å²) < 4.78 is 1.97. The van der Waals surface area contributed by atoms with Crippen molar-refractivity contribution < 1.29 is 4.79 Å². The summed E-state index contributed by atoms with van der Waals surface area (Å²) in [6.07, 6.45) is 3.55. The average Bonchev–Trinajstić information content (AvgIpc) is 2.80. The van der Waals surface area contributed by atoms with E-state index in [0.717, 1.165) is 29.6 Å². The first-order chi connectivity index (χ1) is 9.08. The lowest BCUT2D eigenvalue weighted by Crippen LogP contribution is -2.32. The van der Waals surface area contributed by atoms with Gasteiger partial charge in [-0.3, -0.25) is 4.79 Å². The minimum absolute atomic E-state index is 0.101. The van der Waals surface area contributed by atoms with Crippen molar-refractivity contribution in [2.45, 2.75) is 26.7 Å². The highest BCUT2D eigenvalue weighted by Gasteiger charge is 2.20. The van der Waals surface area contributed by atoms with Crippen LogP contribution in [0.15, 0.2) is 24.5 Å². The molecule has 0 spiro atoms. The molecule has 0 bridgehead atoms. The SMILES string of the molecule is CCC(CC)C(=O)N(C)c1ccc2c(c1)ncn2C. The second kappa shape index (κ2) is 5.43. The Morgan fingerprint density at radius 2 is 2.05 bits per heavy atom. The number of rotatable bonds is 4. The van der Waals surface area contributed by atoms with Gasteiger partial charge in [-0.05, 0) is 31.0 Å². The van der Waals surface area contributed by atoms with Crippen molar-refractivity contribution in [3.8, 4) is 0 Å². The van der Waals surface area contributed by atoms with Crippen molar-refractivity contribution in [2.75, 3.05) is 11.9 Å². The van der Waals surface area contributed by atoms with Crippen LogP contribution < -0.4 is 4.90 Å². The maximum Gasteiger partial charge on any atom is 0.229 e. The third-order valence-corrected chi connectivity index (χ3v) is 3.76. The predicted molar refractivity (Wildman–Crippen MR) is 78.2 cm³/mol. The van der Waals surface area contributed by atoms with Crippen LogP contribution in [0.2, 0.25) is 0 Å². The van der Waals surface area contributed by atoms with Gasteiger partial charge in [-0.2, -0.15) is 0 Å². The van der Waals surface area contributed by atoms with E-state index < -0.39 is 0 Å². The van der Waals surface area contributed by atoms with E-state index in [-0.39, 0.29) is 11.8 Å². The smallest absolute Gasteiger partial charge is 0.229 e. The number of imidazole rings is 1. The predicted octanol–water partition coefficient (Wildman–Crippen LogP) is 2.97. The van der Waals surface area contributed by atoms with Crippen LogP contribution >= 0.6 is 0 Å². The average molecular weight is 259 g/mol. The molecule has 0 N–H and O–H groups in total. The summed E-state index contributed by atoms with van der Waals surface area (Å²) in [6, 6.07) is 5.95. The Bertz CT molecular complexity index is 584. The molecule has 0 atom stereocenters. The second-order valence-electron chi connectivity index (χ2n) is 4.94. The molecule has 0 aliphatic carbocycles. The fourth-order valence-corrected chi connectivity index (χ4v) is 2.37. The number of nitrogens with zero attached hydrogens (tertiary/aromatic N) is 3. The standard InChI is InChI=1S/C15H21N3O/c1-5-11(6-2)15(19)18(4)12-7-8-14-13(9-12)16-10-17(14)3/h7-11H,5-6H2,1-4H3. The lowest BCUT2D eigenvalue weighted by molar-refractivity contribution is -0.122. The Morgan fingerprint density at radius 3 is 2.68 bits per heavy atom. The van der Waals surface area contributed by atoms with Crippen molar-refractivity contribution in [3.05, 3.63) is 24.5 Å². The molecule has 4 nitrogen and oxygen atoms in total. The van der Waals surface area contributed by atoms with E-state index in [0.29, 0.717) is 0 Å². The number of carbonyl (C=O) groups is 1. The molecule has 1 aromatic heterocycles. The zero-order valence-corrected chi connectivity index (χ0v) is 12.1. The van der Waals surface area contributed by atoms with Gasteiger partial charge in [0, 0.05) is 25.7 Å². The molecule has 0 aliphatic rings. The summed E-state index contributed by atoms with van der Waals surface area (Å²) in [5.41, 5.74) is 2.90. The molecular weight excluding hydrogens is 238 g/mol. The van der Waals surface area contributed by atoms with Gasteiger partial charge in [0.1, 0.15) is 0 Å². The maximum absolute atomic E-state index is 12.3. The molecule has 2 aromatic rings. The highest BCUT2D eigenvalue weighted by Crippen LogP contribution is 2.22. The highest BCUT2D eigenvalue weighted by atomic mass is 16.2. The third-order valence-electron chi connectivity index (χ3n) is 3.76. The van der Waals surface area contributed by atoms with Crippen LogP contribution in [-0.4, -0.2) is 22.5 Å². The second-order valence-corrected chi connectivity index (χ2v) is 4.94. The molecule has 0 unspecified atom stereocenters. The Balaban J connectivity index is 2.30. The van der Waals surface area contributed by atoms with Crippen LogP contribution in [0.3, 0.4) is 0 Å². The van der Waals surface area contributed by atoms with E-state index in [4.69, 9.17) is 0 Å². The topological polar surface area (TPSA) is 38.1 Å². The highest BCUT2D eigenvalue weighted by molar-refractivity contribution is 5.96. The van der Waals surface area contributed by atoms with E-state index in [9.17, 15) is 4.79 Å². The minimum Gasteiger partial charge on any atom is -0.334 e. The Kier molecular flexibility index (Phi) is 3.88. The van der Waals surface area contributed by atoms with Crippen molar-refractivity contribution in [1.82, 2.24) is 9.55 Å². The molecule has 0 radical (unpaired) electrons. The summed E-state index contributed by atoms with van der Waals surface area (Å²) in [6.45, 7) is 4.11. The number of amides is 1. The molecule has 0 saturated carbocycles. The number of fused-ring (bicyclic) bond motifs is 1. The Morgan fingerprint density at radius 1 is 1.37 bits per heavy atom. The number of anilines is 1. The molecule has 102 valence electrons. The quantitative estimate of drug-likeness (QED) is 0.846. The molecule has 0 fully saturated rings. The number of carbonyl (C=O) groups excluding carboxylic acids is 1. The van der Waals surface area contributed by atoms with Crippen LogP contribution in [-0.2, 0) is 11.8 Å². The first-order valence-electron chi connectivity index (χ1n) is 6.77. The summed E-state index contributed by atoms with van der Waals surface area (Å²) >= 11 is 0. The molecule has 0 saturated heterocycles. The first kappa shape index (κ1) is 13.6. The van der Waals surface area contributed by atoms with E-state index in [2.05, 4.69) is 18.8 Å². The first-order valence-corrected chi connectivity index (χ1v) is 6.77. The van der Waals surface area contributed by atoms with E-state index in [1.54, 1.807) is 11.2 Å². The van der Waals surface area contributed by atoms with Gasteiger partial charge in [-0.15, -0.1) is 0 Å². The molecule has 1 heterocycles. The lowest BCUT2D eigenvalue weighted by Gasteiger charge is -2.22. The molecule has 19 heavy (non-hydrogen) atoms. The van der Waals surface area contributed by atoms with Crippen LogP contribution in [0, 0.1) is 5.92 Å². The van der Waals surface area contributed by atoms with Gasteiger partial charge in [-0.25, -0.2) is 4.98 Å². The molecule has 0 aliphatic heterocycles. The number of aryl methyl sites for hydroxylation is 1. The van der Waals surface area contributed by atoms with Gasteiger partial charge in [0.25, 0.3) is 0 Å². The van der Waals surface area contributed by atoms with E-state index in [1.807, 2.05) is 36.9 Å². The largest absolute Gasteiger partial charge is 0.334 e. The van der Waals surface area contributed by atoms with Gasteiger partial charge in [-0.1, -0.05) is 13.8 Å². The molecule has 1 aromatic carbocycles. The number of aromatic nitrogens is 2. The summed E-state index contributed by atoms with van der Waals surface area (Å²) in [4.78, 5) is 18.4. The normalized spacial score (nSPS) is 11.2. The fraction of sp³-hybridized carbons (Fsp3) is 0.467. The third kappa shape index (κ3) is 2.48. The number of benzene rings is 1. The molecular formula is C15H21N3O. The maximum atomic E-state index is 12.3. The molecule has 4 heteroatoms. The Hall–Kier alpha value is -1.84. The van der Waals surface area contributed by atoms with Crippen LogP contribution in [0.4, 0.5) is 5.69 Å². The summed E-state index contributed by atoms with van der Waals surface area (Å²) in [5.74, 6) is 0.282. The molecule has 2 rings (SSSR count). The lowest BCUT2D eigenvalue weighted by atomic mass is 10.0. The Labute approximate surface area is 114 Å². The van der Waals surface area contributed by atoms with E-state index in [1.165, 1.54) is 0 Å². The summed E-state index contributed by atoms with van der Waals surface area (Å²) in [5, 5.41) is 0. The van der Waals surface area contributed by atoms with Crippen molar-refractivity contribution >= 4 is 22.6 Å². The van der Waals surface area contributed by atoms with Gasteiger partial charge in [0.2, 0.25) is 5.91 Å². The summed E-state index contributed by atoms with van der Waals surface area (Å²) in [7, 11) is 3.80. The van der Waals surface area contributed by atoms with Crippen LogP contribution in [0.25, 0.3) is 11.0 Å².